The van der Waals surface area contributed by atoms with Crippen LogP contribution in [0.4, 0.5) is 0 Å². The number of aryl methyl sites for hydroxylation is 1. The summed E-state index contributed by atoms with van der Waals surface area (Å²) in [6, 6.07) is 4.13. The average Bonchev–Trinajstić information content (AvgIpc) is 2.64. The second-order valence-electron chi connectivity index (χ2n) is 2.93. The average molecular weight is 200 g/mol. The number of aliphatic hydroxyl groups is 1. The van der Waals surface area contributed by atoms with E-state index >= 15 is 0 Å². The lowest BCUT2D eigenvalue weighted by atomic mass is 10.2. The molecule has 0 saturated carbocycles. The van der Waals surface area contributed by atoms with Gasteiger partial charge < -0.3 is 9.84 Å². The van der Waals surface area contributed by atoms with E-state index in [2.05, 4.69) is 11.4 Å². The molecule has 1 aromatic rings. The van der Waals surface area contributed by atoms with Crippen LogP contribution in [0.3, 0.4) is 0 Å². The van der Waals surface area contributed by atoms with Crippen molar-refractivity contribution in [3.63, 3.8) is 0 Å². The van der Waals surface area contributed by atoms with E-state index in [-0.39, 0.29) is 6.10 Å². The molecule has 0 saturated heterocycles. The molecule has 2 nitrogen and oxygen atoms in total. The van der Waals surface area contributed by atoms with Crippen molar-refractivity contribution in [3.05, 3.63) is 22.4 Å². The van der Waals surface area contributed by atoms with E-state index in [1.807, 2.05) is 13.0 Å². The van der Waals surface area contributed by atoms with Crippen LogP contribution < -0.4 is 0 Å². The van der Waals surface area contributed by atoms with Gasteiger partial charge in [-0.25, -0.2) is 0 Å². The Morgan fingerprint density at radius 2 is 2.46 bits per heavy atom. The summed E-state index contributed by atoms with van der Waals surface area (Å²) in [6.07, 6.45) is 1.42. The van der Waals surface area contributed by atoms with Crippen molar-refractivity contribution in [2.24, 2.45) is 0 Å². The highest BCUT2D eigenvalue weighted by atomic mass is 32.1. The van der Waals surface area contributed by atoms with Crippen LogP contribution in [0.2, 0.25) is 0 Å². The van der Waals surface area contributed by atoms with Crippen molar-refractivity contribution in [3.8, 4) is 0 Å². The highest BCUT2D eigenvalue weighted by molar-refractivity contribution is 7.09. The Kier molecular flexibility index (Phi) is 5.05. The van der Waals surface area contributed by atoms with Crippen molar-refractivity contribution in [1.82, 2.24) is 0 Å². The molecule has 1 heterocycles. The molecule has 1 rings (SSSR count). The fraction of sp³-hybridized carbons (Fsp3) is 0.600. The van der Waals surface area contributed by atoms with Gasteiger partial charge in [0.05, 0.1) is 12.7 Å². The highest BCUT2D eigenvalue weighted by Crippen LogP contribution is 2.12. The van der Waals surface area contributed by atoms with Gasteiger partial charge in [-0.05, 0) is 31.2 Å². The van der Waals surface area contributed by atoms with Gasteiger partial charge in [-0.2, -0.15) is 0 Å². The van der Waals surface area contributed by atoms with Crippen molar-refractivity contribution in [1.29, 1.82) is 0 Å². The highest BCUT2D eigenvalue weighted by Gasteiger charge is 2.04. The number of hydrogen-bond donors (Lipinski definition) is 1. The summed E-state index contributed by atoms with van der Waals surface area (Å²) >= 11 is 1.74. The van der Waals surface area contributed by atoms with Crippen molar-refractivity contribution in [2.75, 3.05) is 13.2 Å². The lowest BCUT2D eigenvalue weighted by Crippen LogP contribution is -2.15. The van der Waals surface area contributed by atoms with Gasteiger partial charge in [0.2, 0.25) is 0 Å². The monoisotopic (exact) mass is 200 g/mol. The molecule has 1 aromatic heterocycles. The van der Waals surface area contributed by atoms with E-state index in [0.717, 1.165) is 12.8 Å². The van der Waals surface area contributed by atoms with E-state index in [1.165, 1.54) is 4.88 Å². The third-order valence-corrected chi connectivity index (χ3v) is 2.75. The van der Waals surface area contributed by atoms with Gasteiger partial charge in [0, 0.05) is 11.5 Å². The van der Waals surface area contributed by atoms with Gasteiger partial charge in [0.25, 0.3) is 0 Å². The van der Waals surface area contributed by atoms with E-state index in [4.69, 9.17) is 4.74 Å². The molecule has 0 aromatic carbocycles. The largest absolute Gasteiger partial charge is 0.391 e. The first-order valence-electron chi connectivity index (χ1n) is 4.61. The van der Waals surface area contributed by atoms with Crippen LogP contribution in [0.5, 0.6) is 0 Å². The summed E-state index contributed by atoms with van der Waals surface area (Å²) < 4.78 is 5.12. The predicted molar refractivity (Wildman–Crippen MR) is 55.1 cm³/mol. The Morgan fingerprint density at radius 3 is 3.08 bits per heavy atom. The topological polar surface area (TPSA) is 29.5 Å². The molecule has 0 bridgehead atoms. The van der Waals surface area contributed by atoms with Gasteiger partial charge in [0.1, 0.15) is 0 Å². The van der Waals surface area contributed by atoms with E-state index < -0.39 is 0 Å². The number of aliphatic hydroxyl groups excluding tert-OH is 1. The third-order valence-electron chi connectivity index (χ3n) is 1.82. The third kappa shape index (κ3) is 4.41. The maximum atomic E-state index is 9.46. The SMILES string of the molecule is CCOCC(O)CCc1cccs1. The Bertz CT molecular complexity index is 209. The molecular formula is C10H16O2S. The van der Waals surface area contributed by atoms with Crippen LogP contribution in [-0.4, -0.2) is 24.4 Å². The fourth-order valence-corrected chi connectivity index (χ4v) is 1.83. The zero-order chi connectivity index (χ0) is 9.52. The summed E-state index contributed by atoms with van der Waals surface area (Å²) in [7, 11) is 0. The van der Waals surface area contributed by atoms with Gasteiger partial charge in [-0.1, -0.05) is 6.07 Å². The number of rotatable bonds is 6. The molecule has 0 fully saturated rings. The fourth-order valence-electron chi connectivity index (χ4n) is 1.10. The first kappa shape index (κ1) is 10.7. The summed E-state index contributed by atoms with van der Waals surface area (Å²) in [4.78, 5) is 1.33. The zero-order valence-electron chi connectivity index (χ0n) is 7.90. The first-order valence-corrected chi connectivity index (χ1v) is 5.49. The van der Waals surface area contributed by atoms with Crippen LogP contribution >= 0.6 is 11.3 Å². The Hall–Kier alpha value is -0.380. The maximum Gasteiger partial charge on any atom is 0.0777 e. The van der Waals surface area contributed by atoms with E-state index in [9.17, 15) is 5.11 Å². The summed E-state index contributed by atoms with van der Waals surface area (Å²) in [5.74, 6) is 0. The smallest absolute Gasteiger partial charge is 0.0777 e. The van der Waals surface area contributed by atoms with Crippen LogP contribution in [-0.2, 0) is 11.2 Å². The molecule has 74 valence electrons. The van der Waals surface area contributed by atoms with Crippen LogP contribution in [0, 0.1) is 0 Å². The number of thiophene rings is 1. The normalized spacial score (nSPS) is 13.1. The lowest BCUT2D eigenvalue weighted by Gasteiger charge is -2.08. The van der Waals surface area contributed by atoms with E-state index in [1.54, 1.807) is 11.3 Å². The van der Waals surface area contributed by atoms with Crippen LogP contribution in [0.25, 0.3) is 0 Å². The zero-order valence-corrected chi connectivity index (χ0v) is 8.72. The molecule has 3 heteroatoms. The van der Waals surface area contributed by atoms with Crippen molar-refractivity contribution in [2.45, 2.75) is 25.9 Å². The Morgan fingerprint density at radius 1 is 1.62 bits per heavy atom. The molecule has 0 aliphatic heterocycles. The van der Waals surface area contributed by atoms with Crippen molar-refractivity contribution < 1.29 is 9.84 Å². The number of ether oxygens (including phenoxy) is 1. The Labute approximate surface area is 83.2 Å². The van der Waals surface area contributed by atoms with Crippen molar-refractivity contribution >= 4 is 11.3 Å². The van der Waals surface area contributed by atoms with Gasteiger partial charge >= 0.3 is 0 Å². The lowest BCUT2D eigenvalue weighted by molar-refractivity contribution is 0.0385. The molecule has 1 atom stereocenters. The summed E-state index contributed by atoms with van der Waals surface area (Å²) in [6.45, 7) is 3.07. The second kappa shape index (κ2) is 6.13. The van der Waals surface area contributed by atoms with Gasteiger partial charge in [-0.15, -0.1) is 11.3 Å². The van der Waals surface area contributed by atoms with Crippen LogP contribution in [0.15, 0.2) is 17.5 Å². The minimum absolute atomic E-state index is 0.318. The molecule has 1 N–H and O–H groups in total. The summed E-state index contributed by atoms with van der Waals surface area (Å²) in [5.41, 5.74) is 0. The minimum atomic E-state index is -0.318. The number of hydrogen-bond acceptors (Lipinski definition) is 3. The van der Waals surface area contributed by atoms with Gasteiger partial charge in [-0.3, -0.25) is 0 Å². The first-order chi connectivity index (χ1) is 6.33. The molecule has 0 aliphatic carbocycles. The molecule has 1 unspecified atom stereocenters. The molecular weight excluding hydrogens is 184 g/mol. The molecule has 13 heavy (non-hydrogen) atoms. The minimum Gasteiger partial charge on any atom is -0.391 e. The molecule has 0 amide bonds. The predicted octanol–water partition coefficient (Wildman–Crippen LogP) is 2.08. The molecule has 0 spiro atoms. The second-order valence-corrected chi connectivity index (χ2v) is 3.96. The maximum absolute atomic E-state index is 9.46. The quantitative estimate of drug-likeness (QED) is 0.762. The van der Waals surface area contributed by atoms with Crippen LogP contribution in [0.1, 0.15) is 18.2 Å². The molecule has 0 radical (unpaired) electrons. The Balaban J connectivity index is 2.11. The van der Waals surface area contributed by atoms with Gasteiger partial charge in [0.15, 0.2) is 0 Å². The summed E-state index contributed by atoms with van der Waals surface area (Å²) in [5, 5.41) is 11.5. The molecule has 0 aliphatic rings. The standard InChI is InChI=1S/C10H16O2S/c1-2-12-8-9(11)5-6-10-4-3-7-13-10/h3-4,7,9,11H,2,5-6,8H2,1H3. The van der Waals surface area contributed by atoms with E-state index in [0.29, 0.717) is 13.2 Å².